The van der Waals surface area contributed by atoms with Crippen LogP contribution in [0.4, 0.5) is 10.5 Å². The van der Waals surface area contributed by atoms with E-state index in [-0.39, 0.29) is 5.91 Å². The third-order valence-corrected chi connectivity index (χ3v) is 3.78. The van der Waals surface area contributed by atoms with Gasteiger partial charge in [0, 0.05) is 12.1 Å². The van der Waals surface area contributed by atoms with Crippen molar-refractivity contribution in [3.63, 3.8) is 0 Å². The van der Waals surface area contributed by atoms with E-state index in [0.717, 1.165) is 15.8 Å². The summed E-state index contributed by atoms with van der Waals surface area (Å²) in [7, 11) is 0. The van der Waals surface area contributed by atoms with Gasteiger partial charge in [-0.2, -0.15) is 0 Å². The lowest BCUT2D eigenvalue weighted by molar-refractivity contribution is -0.128. The lowest BCUT2D eigenvalue weighted by Gasteiger charge is -2.32. The van der Waals surface area contributed by atoms with Gasteiger partial charge in [0.05, 0.1) is 11.9 Å². The van der Waals surface area contributed by atoms with Gasteiger partial charge < -0.3 is 15.0 Å². The average Bonchev–Trinajstić information content (AvgIpc) is 2.40. The van der Waals surface area contributed by atoms with Gasteiger partial charge in [-0.3, -0.25) is 4.79 Å². The van der Waals surface area contributed by atoms with Crippen LogP contribution in [0, 0.1) is 3.70 Å². The molecule has 0 saturated carbocycles. The van der Waals surface area contributed by atoms with Crippen molar-refractivity contribution >= 4 is 40.3 Å². The molecule has 2 rings (SSSR count). The van der Waals surface area contributed by atoms with Crippen LogP contribution in [0.5, 0.6) is 0 Å². The van der Waals surface area contributed by atoms with Crippen LogP contribution in [-0.2, 0) is 9.53 Å². The van der Waals surface area contributed by atoms with Crippen molar-refractivity contribution in [1.82, 2.24) is 10.3 Å². The second-order valence-electron chi connectivity index (χ2n) is 6.24. The summed E-state index contributed by atoms with van der Waals surface area (Å²) in [6.45, 7) is 6.20. The highest BCUT2D eigenvalue weighted by atomic mass is 127. The Balaban J connectivity index is 2.04. The molecule has 7 heteroatoms. The van der Waals surface area contributed by atoms with E-state index in [1.165, 1.54) is 0 Å². The number of aromatic nitrogens is 1. The quantitative estimate of drug-likeness (QED) is 0.594. The highest BCUT2D eigenvalue weighted by Crippen LogP contribution is 2.22. The second kappa shape index (κ2) is 6.80. The number of ether oxygens (including phenoxy) is 1. The van der Waals surface area contributed by atoms with Gasteiger partial charge in [-0.05, 0) is 68.3 Å². The zero-order valence-corrected chi connectivity index (χ0v) is 15.1. The molecule has 120 valence electrons. The number of piperidine rings is 1. The summed E-state index contributed by atoms with van der Waals surface area (Å²) < 4.78 is 6.16. The number of nitrogens with zero attached hydrogens (tertiary/aromatic N) is 2. The predicted molar refractivity (Wildman–Crippen MR) is 91.7 cm³/mol. The number of nitrogens with one attached hydrogen (secondary N) is 1. The Labute approximate surface area is 143 Å². The summed E-state index contributed by atoms with van der Waals surface area (Å²) in [5.74, 6) is -0.196. The average molecular weight is 417 g/mol. The van der Waals surface area contributed by atoms with Crippen LogP contribution in [0.15, 0.2) is 18.3 Å². The van der Waals surface area contributed by atoms with Crippen molar-refractivity contribution in [3.05, 3.63) is 22.0 Å². The SMILES string of the molecule is CC(C)(C)NC(=O)O[C@H]1CCCN(c2ccc(I)nc2)C1=O. The Kier molecular flexibility index (Phi) is 5.25. The van der Waals surface area contributed by atoms with Crippen molar-refractivity contribution in [2.75, 3.05) is 11.4 Å². The molecule has 1 saturated heterocycles. The maximum Gasteiger partial charge on any atom is 0.408 e. The van der Waals surface area contributed by atoms with Gasteiger partial charge in [-0.15, -0.1) is 0 Å². The molecule has 1 atom stereocenters. The van der Waals surface area contributed by atoms with E-state index in [1.54, 1.807) is 11.1 Å². The Morgan fingerprint density at radius 3 is 2.77 bits per heavy atom. The van der Waals surface area contributed by atoms with Crippen molar-refractivity contribution in [2.24, 2.45) is 0 Å². The Morgan fingerprint density at radius 2 is 2.18 bits per heavy atom. The Bertz CT molecular complexity index is 554. The van der Waals surface area contributed by atoms with Crippen LogP contribution in [0.25, 0.3) is 0 Å². The molecule has 1 aliphatic rings. The number of halogens is 1. The lowest BCUT2D eigenvalue weighted by Crippen LogP contribution is -2.49. The van der Waals surface area contributed by atoms with Gasteiger partial charge >= 0.3 is 6.09 Å². The minimum Gasteiger partial charge on any atom is -0.436 e. The van der Waals surface area contributed by atoms with Gasteiger partial charge in [0.15, 0.2) is 6.10 Å². The van der Waals surface area contributed by atoms with Gasteiger partial charge in [0.25, 0.3) is 5.91 Å². The summed E-state index contributed by atoms with van der Waals surface area (Å²) in [6, 6.07) is 3.70. The molecule has 0 aromatic carbocycles. The first-order chi connectivity index (χ1) is 10.3. The number of alkyl carbamates (subject to hydrolysis) is 1. The summed E-state index contributed by atoms with van der Waals surface area (Å²) in [5.41, 5.74) is 0.337. The van der Waals surface area contributed by atoms with E-state index < -0.39 is 17.7 Å². The van der Waals surface area contributed by atoms with Crippen molar-refractivity contribution < 1.29 is 14.3 Å². The molecular weight excluding hydrogens is 397 g/mol. The van der Waals surface area contributed by atoms with Gasteiger partial charge in [0.1, 0.15) is 3.70 Å². The molecule has 0 bridgehead atoms. The fourth-order valence-electron chi connectivity index (χ4n) is 2.20. The summed E-state index contributed by atoms with van der Waals surface area (Å²) >= 11 is 2.11. The number of hydrogen-bond donors (Lipinski definition) is 1. The number of amides is 2. The smallest absolute Gasteiger partial charge is 0.408 e. The molecule has 1 aliphatic heterocycles. The number of carbonyl (C=O) groups excluding carboxylic acids is 2. The van der Waals surface area contributed by atoms with E-state index >= 15 is 0 Å². The van der Waals surface area contributed by atoms with Crippen LogP contribution in [0.1, 0.15) is 33.6 Å². The summed E-state index contributed by atoms with van der Waals surface area (Å²) in [6.07, 6.45) is 1.69. The molecule has 6 nitrogen and oxygen atoms in total. The monoisotopic (exact) mass is 417 g/mol. The van der Waals surface area contributed by atoms with Crippen molar-refractivity contribution in [2.45, 2.75) is 45.3 Å². The molecule has 1 fully saturated rings. The third-order valence-electron chi connectivity index (χ3n) is 3.14. The second-order valence-corrected chi connectivity index (χ2v) is 7.35. The van der Waals surface area contributed by atoms with Crippen molar-refractivity contribution in [1.29, 1.82) is 0 Å². The lowest BCUT2D eigenvalue weighted by atomic mass is 10.1. The normalized spacial score (nSPS) is 19.0. The fourth-order valence-corrected chi connectivity index (χ4v) is 2.52. The van der Waals surface area contributed by atoms with Gasteiger partial charge in [-0.25, -0.2) is 9.78 Å². The van der Waals surface area contributed by atoms with E-state index in [4.69, 9.17) is 4.74 Å². The standard InChI is InChI=1S/C15H20IN3O3/c1-15(2,3)18-14(21)22-11-5-4-8-19(13(11)20)10-6-7-12(16)17-9-10/h6-7,9,11H,4-5,8H2,1-3H3,(H,18,21)/t11-/m0/s1. The highest BCUT2D eigenvalue weighted by Gasteiger charge is 2.33. The summed E-state index contributed by atoms with van der Waals surface area (Å²) in [5, 5.41) is 2.70. The highest BCUT2D eigenvalue weighted by molar-refractivity contribution is 14.1. The van der Waals surface area contributed by atoms with E-state index in [0.29, 0.717) is 13.0 Å². The number of carbonyl (C=O) groups is 2. The molecule has 0 radical (unpaired) electrons. The molecule has 0 spiro atoms. The van der Waals surface area contributed by atoms with E-state index in [9.17, 15) is 9.59 Å². The number of hydrogen-bond acceptors (Lipinski definition) is 4. The number of pyridine rings is 1. The molecule has 1 aromatic heterocycles. The zero-order chi connectivity index (χ0) is 16.3. The van der Waals surface area contributed by atoms with E-state index in [2.05, 4.69) is 32.9 Å². The fraction of sp³-hybridized carbons (Fsp3) is 0.533. The molecule has 0 aliphatic carbocycles. The molecule has 1 aromatic rings. The zero-order valence-electron chi connectivity index (χ0n) is 12.9. The predicted octanol–water partition coefficient (Wildman–Crippen LogP) is 2.71. The van der Waals surface area contributed by atoms with Gasteiger partial charge in [-0.1, -0.05) is 0 Å². The Hall–Kier alpha value is -1.38. The summed E-state index contributed by atoms with van der Waals surface area (Å²) in [4.78, 5) is 30.2. The molecular formula is C15H20IN3O3. The molecule has 2 amide bonds. The minimum absolute atomic E-state index is 0.196. The molecule has 2 heterocycles. The first-order valence-electron chi connectivity index (χ1n) is 7.18. The first kappa shape index (κ1) is 17.0. The minimum atomic E-state index is -0.740. The largest absolute Gasteiger partial charge is 0.436 e. The van der Waals surface area contributed by atoms with Gasteiger partial charge in [0.2, 0.25) is 0 Å². The van der Waals surface area contributed by atoms with Crippen LogP contribution in [0.3, 0.4) is 0 Å². The molecule has 1 N–H and O–H groups in total. The topological polar surface area (TPSA) is 71.5 Å². The maximum absolute atomic E-state index is 12.5. The Morgan fingerprint density at radius 1 is 1.45 bits per heavy atom. The van der Waals surface area contributed by atoms with Crippen molar-refractivity contribution in [3.8, 4) is 0 Å². The van der Waals surface area contributed by atoms with E-state index in [1.807, 2.05) is 32.9 Å². The first-order valence-corrected chi connectivity index (χ1v) is 8.26. The maximum atomic E-state index is 12.5. The third kappa shape index (κ3) is 4.56. The van der Waals surface area contributed by atoms with Crippen LogP contribution >= 0.6 is 22.6 Å². The molecule has 22 heavy (non-hydrogen) atoms. The van der Waals surface area contributed by atoms with Crippen LogP contribution in [0.2, 0.25) is 0 Å². The van der Waals surface area contributed by atoms with Crippen LogP contribution in [-0.4, -0.2) is 35.2 Å². The van der Waals surface area contributed by atoms with Crippen LogP contribution < -0.4 is 10.2 Å². The number of rotatable bonds is 2. The molecule has 0 unspecified atom stereocenters. The number of anilines is 1.